The first-order valence-electron chi connectivity index (χ1n) is 6.56. The van der Waals surface area contributed by atoms with Gasteiger partial charge in [-0.15, -0.1) is 11.3 Å². The highest BCUT2D eigenvalue weighted by atomic mass is 79.9. The van der Waals surface area contributed by atoms with E-state index in [0.717, 1.165) is 3.79 Å². The highest BCUT2D eigenvalue weighted by Gasteiger charge is 2.22. The van der Waals surface area contributed by atoms with E-state index in [4.69, 9.17) is 0 Å². The Kier molecular flexibility index (Phi) is 5.11. The summed E-state index contributed by atoms with van der Waals surface area (Å²) in [5.41, 5.74) is 8.16. The van der Waals surface area contributed by atoms with Gasteiger partial charge in [0.05, 0.1) is 13.6 Å². The Hall–Kier alpha value is -0.160. The van der Waals surface area contributed by atoms with Crippen LogP contribution in [0.15, 0.2) is 19.7 Å². The SMILES string of the molecule is CNC(c1cc(Br)sc1Br)c1c(C)c(C)cc(C)c1C. The number of nitrogens with one attached hydrogen (secondary N) is 1. The molecule has 0 saturated carbocycles. The molecule has 0 aliphatic rings. The van der Waals surface area contributed by atoms with Crippen LogP contribution >= 0.6 is 43.2 Å². The molecule has 0 aliphatic carbocycles. The summed E-state index contributed by atoms with van der Waals surface area (Å²) in [6.45, 7) is 8.82. The number of aryl methyl sites for hydroxylation is 2. The number of hydrogen-bond donors (Lipinski definition) is 1. The second-order valence-electron chi connectivity index (χ2n) is 5.18. The molecule has 2 aromatic rings. The van der Waals surface area contributed by atoms with Gasteiger partial charge < -0.3 is 5.32 Å². The Morgan fingerprint density at radius 2 is 1.55 bits per heavy atom. The fourth-order valence-corrected chi connectivity index (χ4v) is 5.59. The normalized spacial score (nSPS) is 12.8. The van der Waals surface area contributed by atoms with Crippen molar-refractivity contribution in [3.63, 3.8) is 0 Å². The molecule has 1 atom stereocenters. The zero-order valence-corrected chi connectivity index (χ0v) is 16.4. The average molecular weight is 417 g/mol. The minimum absolute atomic E-state index is 0.213. The molecule has 0 saturated heterocycles. The molecule has 0 amide bonds. The molecule has 4 heteroatoms. The molecule has 0 radical (unpaired) electrons. The lowest BCUT2D eigenvalue weighted by Gasteiger charge is -2.24. The highest BCUT2D eigenvalue weighted by Crippen LogP contribution is 2.40. The minimum atomic E-state index is 0.213. The largest absolute Gasteiger partial charge is 0.309 e. The lowest BCUT2D eigenvalue weighted by atomic mass is 9.87. The van der Waals surface area contributed by atoms with Crippen molar-refractivity contribution in [2.75, 3.05) is 7.05 Å². The first-order chi connectivity index (χ1) is 9.36. The molecule has 0 spiro atoms. The summed E-state index contributed by atoms with van der Waals surface area (Å²) in [5, 5.41) is 3.48. The molecule has 2 rings (SSSR count). The molecule has 20 heavy (non-hydrogen) atoms. The van der Waals surface area contributed by atoms with Crippen LogP contribution in [0.3, 0.4) is 0 Å². The first-order valence-corrected chi connectivity index (χ1v) is 8.96. The van der Waals surface area contributed by atoms with Gasteiger partial charge in [0, 0.05) is 0 Å². The van der Waals surface area contributed by atoms with E-state index in [1.54, 1.807) is 11.3 Å². The quantitative estimate of drug-likeness (QED) is 0.664. The maximum atomic E-state index is 3.69. The second kappa shape index (κ2) is 6.30. The van der Waals surface area contributed by atoms with Crippen molar-refractivity contribution in [1.29, 1.82) is 0 Å². The van der Waals surface area contributed by atoms with E-state index in [1.807, 2.05) is 7.05 Å². The van der Waals surface area contributed by atoms with Crippen LogP contribution in [0.2, 0.25) is 0 Å². The third kappa shape index (κ3) is 2.89. The van der Waals surface area contributed by atoms with Crippen molar-refractivity contribution in [3.05, 3.63) is 53.1 Å². The van der Waals surface area contributed by atoms with Gasteiger partial charge in [0.25, 0.3) is 0 Å². The molecule has 1 aromatic carbocycles. The van der Waals surface area contributed by atoms with Gasteiger partial charge in [-0.25, -0.2) is 0 Å². The van der Waals surface area contributed by atoms with Crippen LogP contribution in [-0.4, -0.2) is 7.05 Å². The Bertz CT molecular complexity index is 620. The monoisotopic (exact) mass is 415 g/mol. The summed E-state index contributed by atoms with van der Waals surface area (Å²) < 4.78 is 2.33. The zero-order chi connectivity index (χ0) is 15.0. The molecule has 0 fully saturated rings. The predicted octanol–water partition coefficient (Wildman–Crippen LogP) is 5.82. The number of benzene rings is 1. The Labute approximate surface area is 142 Å². The summed E-state index contributed by atoms with van der Waals surface area (Å²) in [6.07, 6.45) is 0. The highest BCUT2D eigenvalue weighted by molar-refractivity contribution is 9.12. The van der Waals surface area contributed by atoms with Gasteiger partial charge in [0.1, 0.15) is 0 Å². The van der Waals surface area contributed by atoms with E-state index in [1.165, 1.54) is 37.2 Å². The van der Waals surface area contributed by atoms with Crippen molar-refractivity contribution in [2.45, 2.75) is 33.7 Å². The van der Waals surface area contributed by atoms with Crippen LogP contribution in [0.1, 0.15) is 39.4 Å². The maximum absolute atomic E-state index is 3.69. The van der Waals surface area contributed by atoms with Gasteiger partial charge >= 0.3 is 0 Å². The van der Waals surface area contributed by atoms with Gasteiger partial charge in [0.2, 0.25) is 0 Å². The van der Waals surface area contributed by atoms with E-state index < -0.39 is 0 Å². The van der Waals surface area contributed by atoms with Crippen molar-refractivity contribution in [2.24, 2.45) is 0 Å². The molecule has 108 valence electrons. The van der Waals surface area contributed by atoms with E-state index in [9.17, 15) is 0 Å². The Morgan fingerprint density at radius 3 is 1.95 bits per heavy atom. The number of thiophene rings is 1. The maximum Gasteiger partial charge on any atom is 0.0761 e. The summed E-state index contributed by atoms with van der Waals surface area (Å²) in [4.78, 5) is 0. The van der Waals surface area contributed by atoms with Gasteiger partial charge in [-0.3, -0.25) is 0 Å². The van der Waals surface area contributed by atoms with Crippen molar-refractivity contribution >= 4 is 43.2 Å². The fraction of sp³-hybridized carbons (Fsp3) is 0.375. The van der Waals surface area contributed by atoms with E-state index in [2.05, 4.69) is 77.0 Å². The Morgan fingerprint density at radius 1 is 1.00 bits per heavy atom. The Balaban J connectivity index is 2.67. The molecule has 1 heterocycles. The number of rotatable bonds is 3. The molecule has 1 nitrogen and oxygen atoms in total. The summed E-state index contributed by atoms with van der Waals surface area (Å²) in [5.74, 6) is 0. The zero-order valence-electron chi connectivity index (χ0n) is 12.4. The molecule has 0 aliphatic heterocycles. The lowest BCUT2D eigenvalue weighted by Crippen LogP contribution is -2.20. The van der Waals surface area contributed by atoms with Crippen LogP contribution in [0.25, 0.3) is 0 Å². The van der Waals surface area contributed by atoms with Gasteiger partial charge in [0.15, 0.2) is 0 Å². The predicted molar refractivity (Wildman–Crippen MR) is 96.0 cm³/mol. The van der Waals surface area contributed by atoms with Crippen molar-refractivity contribution in [3.8, 4) is 0 Å². The molecule has 1 N–H and O–H groups in total. The molecule has 1 unspecified atom stereocenters. The van der Waals surface area contributed by atoms with Crippen LogP contribution < -0.4 is 5.32 Å². The van der Waals surface area contributed by atoms with Crippen molar-refractivity contribution in [1.82, 2.24) is 5.32 Å². The molecule has 0 bridgehead atoms. The van der Waals surface area contributed by atoms with Gasteiger partial charge in [-0.05, 0) is 106 Å². The number of halogens is 2. The fourth-order valence-electron chi connectivity index (χ4n) is 2.69. The summed E-state index contributed by atoms with van der Waals surface area (Å²) in [6, 6.07) is 4.69. The third-order valence-electron chi connectivity index (χ3n) is 4.00. The first kappa shape index (κ1) is 16.2. The third-order valence-corrected chi connectivity index (χ3v) is 6.38. The van der Waals surface area contributed by atoms with E-state index >= 15 is 0 Å². The van der Waals surface area contributed by atoms with Crippen LogP contribution in [-0.2, 0) is 0 Å². The summed E-state index contributed by atoms with van der Waals surface area (Å²) >= 11 is 8.99. The van der Waals surface area contributed by atoms with Crippen LogP contribution in [0.5, 0.6) is 0 Å². The minimum Gasteiger partial charge on any atom is -0.309 e. The topological polar surface area (TPSA) is 12.0 Å². The lowest BCUT2D eigenvalue weighted by molar-refractivity contribution is 0.681. The smallest absolute Gasteiger partial charge is 0.0761 e. The molecular weight excluding hydrogens is 398 g/mol. The standard InChI is InChI=1S/C16H19Br2NS/c1-8-6-9(2)11(4)14(10(8)3)15(19-5)12-7-13(17)20-16(12)18/h6-7,15,19H,1-5H3. The average Bonchev–Trinajstić information content (AvgIpc) is 2.71. The van der Waals surface area contributed by atoms with E-state index in [-0.39, 0.29) is 6.04 Å². The van der Waals surface area contributed by atoms with E-state index in [0.29, 0.717) is 0 Å². The van der Waals surface area contributed by atoms with Crippen LogP contribution in [0, 0.1) is 27.7 Å². The molecular formula is C16H19Br2NS. The number of hydrogen-bond acceptors (Lipinski definition) is 2. The summed E-state index contributed by atoms with van der Waals surface area (Å²) in [7, 11) is 2.03. The van der Waals surface area contributed by atoms with Gasteiger partial charge in [-0.1, -0.05) is 6.07 Å². The van der Waals surface area contributed by atoms with Crippen molar-refractivity contribution < 1.29 is 0 Å². The van der Waals surface area contributed by atoms with Gasteiger partial charge in [-0.2, -0.15) is 0 Å². The van der Waals surface area contributed by atoms with Crippen LogP contribution in [0.4, 0.5) is 0 Å². The molecule has 1 aromatic heterocycles. The second-order valence-corrected chi connectivity index (χ2v) is 8.92.